The fraction of sp³-hybridized carbons (Fsp3) is 0.417. The molecule has 15 heavy (non-hydrogen) atoms. The van der Waals surface area contributed by atoms with E-state index in [1.165, 1.54) is 0 Å². The molecule has 0 aromatic heterocycles. The smallest absolute Gasteiger partial charge is 0.119 e. The molecule has 0 saturated heterocycles. The third-order valence-electron chi connectivity index (χ3n) is 2.24. The van der Waals surface area contributed by atoms with Crippen molar-refractivity contribution in [3.8, 4) is 11.8 Å². The SMILES string of the molecule is CCC(CC#N)Oc1ccc(CN)cc1. The quantitative estimate of drug-likeness (QED) is 0.800. The van der Waals surface area contributed by atoms with Gasteiger partial charge in [-0.3, -0.25) is 0 Å². The van der Waals surface area contributed by atoms with Crippen LogP contribution in [0.4, 0.5) is 0 Å². The zero-order chi connectivity index (χ0) is 11.1. The fourth-order valence-corrected chi connectivity index (χ4v) is 1.27. The van der Waals surface area contributed by atoms with Crippen LogP contribution in [-0.2, 0) is 6.54 Å². The molecule has 1 rings (SSSR count). The molecule has 1 aromatic rings. The highest BCUT2D eigenvalue weighted by atomic mass is 16.5. The number of ether oxygens (including phenoxy) is 1. The van der Waals surface area contributed by atoms with Crippen LogP contribution in [0.3, 0.4) is 0 Å². The standard InChI is InChI=1S/C12H16N2O/c1-2-11(7-8-13)15-12-5-3-10(9-14)4-6-12/h3-6,11H,2,7,9,14H2,1H3. The van der Waals surface area contributed by atoms with Crippen LogP contribution in [0.15, 0.2) is 24.3 Å². The second-order valence-corrected chi connectivity index (χ2v) is 3.36. The summed E-state index contributed by atoms with van der Waals surface area (Å²) in [6, 6.07) is 9.78. The Morgan fingerprint density at radius 1 is 1.40 bits per heavy atom. The molecule has 1 atom stereocenters. The van der Waals surface area contributed by atoms with Crippen LogP contribution in [0, 0.1) is 11.3 Å². The Kier molecular flexibility index (Phi) is 4.65. The van der Waals surface area contributed by atoms with E-state index in [0.29, 0.717) is 13.0 Å². The Labute approximate surface area is 90.5 Å². The topological polar surface area (TPSA) is 59.0 Å². The van der Waals surface area contributed by atoms with Crippen LogP contribution in [0.5, 0.6) is 5.75 Å². The Bertz CT molecular complexity index is 326. The van der Waals surface area contributed by atoms with Crippen molar-refractivity contribution in [3.63, 3.8) is 0 Å². The second kappa shape index (κ2) is 6.05. The van der Waals surface area contributed by atoms with E-state index >= 15 is 0 Å². The summed E-state index contributed by atoms with van der Waals surface area (Å²) in [5.41, 5.74) is 6.57. The minimum Gasteiger partial charge on any atom is -0.489 e. The third-order valence-corrected chi connectivity index (χ3v) is 2.24. The van der Waals surface area contributed by atoms with Gasteiger partial charge >= 0.3 is 0 Å². The van der Waals surface area contributed by atoms with E-state index in [0.717, 1.165) is 17.7 Å². The van der Waals surface area contributed by atoms with E-state index in [2.05, 4.69) is 6.07 Å². The molecule has 0 aliphatic carbocycles. The monoisotopic (exact) mass is 204 g/mol. The van der Waals surface area contributed by atoms with Crippen molar-refractivity contribution in [1.29, 1.82) is 5.26 Å². The summed E-state index contributed by atoms with van der Waals surface area (Å²) in [6.07, 6.45) is 1.25. The normalized spacial score (nSPS) is 11.8. The van der Waals surface area contributed by atoms with Gasteiger partial charge in [-0.2, -0.15) is 5.26 Å². The van der Waals surface area contributed by atoms with Crippen molar-refractivity contribution in [3.05, 3.63) is 29.8 Å². The number of nitriles is 1. The molecule has 2 N–H and O–H groups in total. The summed E-state index contributed by atoms with van der Waals surface area (Å²) >= 11 is 0. The third kappa shape index (κ3) is 3.61. The minimum absolute atomic E-state index is 0.0151. The summed E-state index contributed by atoms with van der Waals surface area (Å²) in [5.74, 6) is 0.800. The number of nitrogens with two attached hydrogens (primary N) is 1. The molecule has 0 amide bonds. The molecule has 0 radical (unpaired) electrons. The lowest BCUT2D eigenvalue weighted by molar-refractivity contribution is 0.202. The minimum atomic E-state index is -0.0151. The van der Waals surface area contributed by atoms with Gasteiger partial charge in [0.1, 0.15) is 11.9 Å². The van der Waals surface area contributed by atoms with Gasteiger partial charge < -0.3 is 10.5 Å². The van der Waals surface area contributed by atoms with Crippen LogP contribution in [0.25, 0.3) is 0 Å². The maximum Gasteiger partial charge on any atom is 0.119 e. The predicted molar refractivity (Wildman–Crippen MR) is 59.3 cm³/mol. The number of hydrogen-bond donors (Lipinski definition) is 1. The molecule has 3 heteroatoms. The van der Waals surface area contributed by atoms with Crippen LogP contribution < -0.4 is 10.5 Å². The van der Waals surface area contributed by atoms with Crippen molar-refractivity contribution in [2.75, 3.05) is 0 Å². The summed E-state index contributed by atoms with van der Waals surface area (Å²) in [5, 5.41) is 8.58. The van der Waals surface area contributed by atoms with E-state index in [1.54, 1.807) is 0 Å². The molecule has 0 saturated carbocycles. The van der Waals surface area contributed by atoms with Crippen molar-refractivity contribution in [2.45, 2.75) is 32.4 Å². The molecule has 0 bridgehead atoms. The molecule has 1 unspecified atom stereocenters. The van der Waals surface area contributed by atoms with Gasteiger partial charge in [0.15, 0.2) is 0 Å². The zero-order valence-corrected chi connectivity index (χ0v) is 8.94. The highest BCUT2D eigenvalue weighted by molar-refractivity contribution is 5.27. The molecular weight excluding hydrogens is 188 g/mol. The van der Waals surface area contributed by atoms with E-state index in [4.69, 9.17) is 15.7 Å². The van der Waals surface area contributed by atoms with Crippen molar-refractivity contribution in [2.24, 2.45) is 5.73 Å². The Hall–Kier alpha value is -1.53. The lowest BCUT2D eigenvalue weighted by Crippen LogP contribution is -2.14. The van der Waals surface area contributed by atoms with Gasteiger partial charge in [-0.1, -0.05) is 19.1 Å². The largest absolute Gasteiger partial charge is 0.489 e. The number of nitrogens with zero attached hydrogens (tertiary/aromatic N) is 1. The molecule has 0 spiro atoms. The molecular formula is C12H16N2O. The first-order valence-electron chi connectivity index (χ1n) is 5.12. The number of benzene rings is 1. The van der Waals surface area contributed by atoms with E-state index in [9.17, 15) is 0 Å². The van der Waals surface area contributed by atoms with Gasteiger partial charge in [0.2, 0.25) is 0 Å². The van der Waals surface area contributed by atoms with E-state index in [1.807, 2.05) is 31.2 Å². The zero-order valence-electron chi connectivity index (χ0n) is 8.94. The van der Waals surface area contributed by atoms with E-state index in [-0.39, 0.29) is 6.10 Å². The summed E-state index contributed by atoms with van der Waals surface area (Å²) < 4.78 is 5.64. The lowest BCUT2D eigenvalue weighted by atomic mass is 10.2. The first kappa shape index (κ1) is 11.5. The summed E-state index contributed by atoms with van der Waals surface area (Å²) in [4.78, 5) is 0. The van der Waals surface area contributed by atoms with Gasteiger partial charge in [-0.05, 0) is 24.1 Å². The maximum absolute atomic E-state index is 8.58. The van der Waals surface area contributed by atoms with Crippen LogP contribution in [-0.4, -0.2) is 6.10 Å². The van der Waals surface area contributed by atoms with Gasteiger partial charge in [0.25, 0.3) is 0 Å². The van der Waals surface area contributed by atoms with Crippen molar-refractivity contribution < 1.29 is 4.74 Å². The summed E-state index contributed by atoms with van der Waals surface area (Å²) in [6.45, 7) is 2.55. The van der Waals surface area contributed by atoms with Crippen LogP contribution in [0.2, 0.25) is 0 Å². The number of hydrogen-bond acceptors (Lipinski definition) is 3. The summed E-state index contributed by atoms with van der Waals surface area (Å²) in [7, 11) is 0. The predicted octanol–water partition coefficient (Wildman–Crippen LogP) is 2.22. The first-order valence-corrected chi connectivity index (χ1v) is 5.12. The Morgan fingerprint density at radius 2 is 2.07 bits per heavy atom. The molecule has 1 aromatic carbocycles. The van der Waals surface area contributed by atoms with Gasteiger partial charge in [-0.15, -0.1) is 0 Å². The lowest BCUT2D eigenvalue weighted by Gasteiger charge is -2.14. The highest BCUT2D eigenvalue weighted by Gasteiger charge is 2.06. The van der Waals surface area contributed by atoms with Gasteiger partial charge in [0.05, 0.1) is 12.5 Å². The molecule has 0 fully saturated rings. The number of rotatable bonds is 5. The van der Waals surface area contributed by atoms with Crippen molar-refractivity contribution >= 4 is 0 Å². The molecule has 80 valence electrons. The first-order chi connectivity index (χ1) is 7.30. The average Bonchev–Trinajstić information content (AvgIpc) is 2.29. The van der Waals surface area contributed by atoms with Crippen molar-refractivity contribution in [1.82, 2.24) is 0 Å². The Morgan fingerprint density at radius 3 is 2.53 bits per heavy atom. The van der Waals surface area contributed by atoms with Crippen LogP contribution in [0.1, 0.15) is 25.3 Å². The molecule has 0 aliphatic heterocycles. The molecule has 0 aliphatic rings. The van der Waals surface area contributed by atoms with Gasteiger partial charge in [-0.25, -0.2) is 0 Å². The van der Waals surface area contributed by atoms with Gasteiger partial charge in [0, 0.05) is 6.54 Å². The van der Waals surface area contributed by atoms with E-state index < -0.39 is 0 Å². The maximum atomic E-state index is 8.58. The fourth-order valence-electron chi connectivity index (χ4n) is 1.27. The molecule has 0 heterocycles. The average molecular weight is 204 g/mol. The molecule has 3 nitrogen and oxygen atoms in total. The van der Waals surface area contributed by atoms with Crippen LogP contribution >= 0.6 is 0 Å². The highest BCUT2D eigenvalue weighted by Crippen LogP contribution is 2.15. The second-order valence-electron chi connectivity index (χ2n) is 3.36. The Balaban J connectivity index is 2.59.